The molecule has 2 N–H and O–H groups in total. The summed E-state index contributed by atoms with van der Waals surface area (Å²) in [7, 11) is 1.91. The molecule has 2 saturated heterocycles. The first kappa shape index (κ1) is 20.1. The Morgan fingerprint density at radius 2 is 1.81 bits per heavy atom. The Hall–Kier alpha value is -2.82. The van der Waals surface area contributed by atoms with Crippen LogP contribution in [0.5, 0.6) is 0 Å². The highest BCUT2D eigenvalue weighted by molar-refractivity contribution is 5.88. The fraction of sp³-hybridized carbons (Fsp3) is 0.524. The van der Waals surface area contributed by atoms with E-state index in [9.17, 15) is 10.2 Å². The van der Waals surface area contributed by atoms with Gasteiger partial charge in [0.25, 0.3) is 0 Å². The van der Waals surface area contributed by atoms with Gasteiger partial charge in [-0.2, -0.15) is 4.98 Å². The van der Waals surface area contributed by atoms with E-state index < -0.39 is 5.60 Å². The lowest BCUT2D eigenvalue weighted by Crippen LogP contribution is -2.47. The van der Waals surface area contributed by atoms with Gasteiger partial charge in [-0.1, -0.05) is 0 Å². The number of ether oxygens (including phenoxy) is 1. The molecule has 0 spiro atoms. The van der Waals surface area contributed by atoms with Gasteiger partial charge in [-0.25, -0.2) is 15.0 Å². The number of aliphatic hydroxyl groups is 2. The van der Waals surface area contributed by atoms with Crippen molar-refractivity contribution in [3.63, 3.8) is 0 Å². The molecule has 0 radical (unpaired) electrons. The van der Waals surface area contributed by atoms with Crippen LogP contribution >= 0.6 is 0 Å². The van der Waals surface area contributed by atoms with Crippen LogP contribution in [0.25, 0.3) is 22.4 Å². The average molecular weight is 425 g/mol. The van der Waals surface area contributed by atoms with Crippen LogP contribution in [-0.4, -0.2) is 86.3 Å². The molecule has 2 aliphatic heterocycles. The van der Waals surface area contributed by atoms with Crippen LogP contribution in [0.3, 0.4) is 0 Å². The quantitative estimate of drug-likeness (QED) is 0.620. The van der Waals surface area contributed by atoms with Crippen LogP contribution in [-0.2, 0) is 11.8 Å². The number of morpholine rings is 1. The number of hydrogen-bond acceptors (Lipinski definition) is 9. The van der Waals surface area contributed by atoms with Crippen molar-refractivity contribution in [2.24, 2.45) is 7.05 Å². The van der Waals surface area contributed by atoms with Crippen LogP contribution in [0.15, 0.2) is 24.7 Å². The van der Waals surface area contributed by atoms with Crippen molar-refractivity contribution in [1.29, 1.82) is 0 Å². The Labute approximate surface area is 180 Å². The number of imidazole rings is 1. The van der Waals surface area contributed by atoms with Crippen molar-refractivity contribution in [1.82, 2.24) is 24.5 Å². The highest BCUT2D eigenvalue weighted by Crippen LogP contribution is 2.30. The lowest BCUT2D eigenvalue weighted by atomic mass is 9.93. The molecule has 5 rings (SSSR count). The Balaban J connectivity index is 1.48. The summed E-state index contributed by atoms with van der Waals surface area (Å²) < 4.78 is 7.31. The summed E-state index contributed by atoms with van der Waals surface area (Å²) >= 11 is 0. The zero-order chi connectivity index (χ0) is 21.4. The van der Waals surface area contributed by atoms with Crippen molar-refractivity contribution in [2.75, 3.05) is 55.8 Å². The highest BCUT2D eigenvalue weighted by atomic mass is 16.5. The molecule has 164 valence electrons. The third-order valence-corrected chi connectivity index (χ3v) is 6.18. The van der Waals surface area contributed by atoms with Crippen LogP contribution in [0.2, 0.25) is 0 Å². The molecule has 10 nitrogen and oxygen atoms in total. The number of nitrogens with zero attached hydrogens (tertiary/aromatic N) is 7. The summed E-state index contributed by atoms with van der Waals surface area (Å²) in [6, 6.07) is 4.04. The number of aliphatic hydroxyl groups excluding tert-OH is 1. The van der Waals surface area contributed by atoms with E-state index in [4.69, 9.17) is 14.7 Å². The van der Waals surface area contributed by atoms with Crippen LogP contribution in [0.1, 0.15) is 12.8 Å². The highest BCUT2D eigenvalue weighted by Gasteiger charge is 2.33. The maximum Gasteiger partial charge on any atom is 0.228 e. The standard InChI is InChI=1S/C21H27N7O3/c1-26-14-23-18-17(15-2-3-16(22-12-15)27-8-10-31-11-9-27)24-20(25-19(18)26)28-6-4-21(30,13-29)5-7-28/h2-3,12,14,29-30H,4-11,13H2,1H3. The van der Waals surface area contributed by atoms with Gasteiger partial charge in [0.2, 0.25) is 5.95 Å². The number of pyridine rings is 1. The molecule has 31 heavy (non-hydrogen) atoms. The molecule has 10 heteroatoms. The molecule has 0 aliphatic carbocycles. The van der Waals surface area contributed by atoms with Gasteiger partial charge in [0.15, 0.2) is 5.65 Å². The fourth-order valence-electron chi connectivity index (χ4n) is 4.12. The van der Waals surface area contributed by atoms with Crippen molar-refractivity contribution in [3.05, 3.63) is 24.7 Å². The Morgan fingerprint density at radius 3 is 2.48 bits per heavy atom. The Morgan fingerprint density at radius 1 is 1.03 bits per heavy atom. The second-order valence-electron chi connectivity index (χ2n) is 8.27. The second kappa shape index (κ2) is 8.03. The predicted molar refractivity (Wildman–Crippen MR) is 116 cm³/mol. The Bertz CT molecular complexity index is 1050. The zero-order valence-corrected chi connectivity index (χ0v) is 17.6. The maximum atomic E-state index is 10.3. The van der Waals surface area contributed by atoms with Crippen LogP contribution < -0.4 is 9.80 Å². The smallest absolute Gasteiger partial charge is 0.228 e. The number of aryl methyl sites for hydroxylation is 1. The van der Waals surface area contributed by atoms with Gasteiger partial charge in [-0.3, -0.25) is 0 Å². The van der Waals surface area contributed by atoms with Crippen LogP contribution in [0.4, 0.5) is 11.8 Å². The van der Waals surface area contributed by atoms with Crippen molar-refractivity contribution in [2.45, 2.75) is 18.4 Å². The molecule has 0 atom stereocenters. The molecule has 0 bridgehead atoms. The van der Waals surface area contributed by atoms with E-state index in [0.717, 1.165) is 41.3 Å². The maximum absolute atomic E-state index is 10.3. The van der Waals surface area contributed by atoms with Crippen molar-refractivity contribution in [3.8, 4) is 11.3 Å². The third kappa shape index (κ3) is 3.82. The number of aromatic nitrogens is 5. The predicted octanol–water partition coefficient (Wildman–Crippen LogP) is 0.586. The summed E-state index contributed by atoms with van der Waals surface area (Å²) in [6.07, 6.45) is 4.53. The van der Waals surface area contributed by atoms with Crippen LogP contribution in [0, 0.1) is 0 Å². The molecule has 0 amide bonds. The molecular weight excluding hydrogens is 398 g/mol. The topological polar surface area (TPSA) is 113 Å². The molecule has 0 unspecified atom stereocenters. The summed E-state index contributed by atoms with van der Waals surface area (Å²) in [5.74, 6) is 1.53. The molecular formula is C21H27N7O3. The van der Waals surface area contributed by atoms with E-state index in [1.807, 2.05) is 29.9 Å². The number of piperidine rings is 1. The average Bonchev–Trinajstić information content (AvgIpc) is 3.20. The SMILES string of the molecule is Cn1cnc2c(-c3ccc(N4CCOCC4)nc3)nc(N3CCC(O)(CO)CC3)nc21. The second-order valence-corrected chi connectivity index (χ2v) is 8.27. The van der Waals surface area contributed by atoms with E-state index in [1.54, 1.807) is 6.33 Å². The number of fused-ring (bicyclic) bond motifs is 1. The monoisotopic (exact) mass is 425 g/mol. The van der Waals surface area contributed by atoms with Gasteiger partial charge in [-0.05, 0) is 25.0 Å². The van der Waals surface area contributed by atoms with Gasteiger partial charge in [-0.15, -0.1) is 0 Å². The number of anilines is 2. The summed E-state index contributed by atoms with van der Waals surface area (Å²) in [5, 5.41) is 19.8. The lowest BCUT2D eigenvalue weighted by molar-refractivity contribution is -0.0327. The number of hydrogen-bond donors (Lipinski definition) is 2. The molecule has 3 aromatic rings. The minimum atomic E-state index is -1.02. The van der Waals surface area contributed by atoms with Gasteiger partial charge in [0, 0.05) is 45.0 Å². The minimum Gasteiger partial charge on any atom is -0.393 e. The summed E-state index contributed by atoms with van der Waals surface area (Å²) in [4.78, 5) is 23.0. The molecule has 3 aromatic heterocycles. The zero-order valence-electron chi connectivity index (χ0n) is 17.6. The van der Waals surface area contributed by atoms with Gasteiger partial charge in [0.05, 0.1) is 31.7 Å². The molecule has 5 heterocycles. The van der Waals surface area contributed by atoms with Gasteiger partial charge < -0.3 is 29.3 Å². The van der Waals surface area contributed by atoms with Gasteiger partial charge >= 0.3 is 0 Å². The lowest BCUT2D eigenvalue weighted by Gasteiger charge is -2.37. The van der Waals surface area contributed by atoms with E-state index in [0.29, 0.717) is 45.1 Å². The van der Waals surface area contributed by atoms with Gasteiger partial charge in [0.1, 0.15) is 17.0 Å². The van der Waals surface area contributed by atoms with E-state index in [1.165, 1.54) is 0 Å². The Kier molecular flexibility index (Phi) is 5.20. The molecule has 2 fully saturated rings. The molecule has 2 aliphatic rings. The number of rotatable bonds is 4. The largest absolute Gasteiger partial charge is 0.393 e. The van der Waals surface area contributed by atoms with Crippen molar-refractivity contribution < 1.29 is 14.9 Å². The first-order valence-electron chi connectivity index (χ1n) is 10.6. The summed E-state index contributed by atoms with van der Waals surface area (Å²) in [5.41, 5.74) is 2.09. The van der Waals surface area contributed by atoms with E-state index >= 15 is 0 Å². The first-order valence-corrected chi connectivity index (χ1v) is 10.6. The first-order chi connectivity index (χ1) is 15.1. The summed E-state index contributed by atoms with van der Waals surface area (Å²) in [6.45, 7) is 4.04. The molecule has 0 aromatic carbocycles. The van der Waals surface area contributed by atoms with E-state index in [2.05, 4.69) is 19.8 Å². The fourth-order valence-corrected chi connectivity index (χ4v) is 4.12. The normalized spacial score (nSPS) is 19.2. The third-order valence-electron chi connectivity index (χ3n) is 6.18. The van der Waals surface area contributed by atoms with Crippen molar-refractivity contribution >= 4 is 22.9 Å². The van der Waals surface area contributed by atoms with E-state index in [-0.39, 0.29) is 6.61 Å². The minimum absolute atomic E-state index is 0.227. The molecule has 0 saturated carbocycles.